The van der Waals surface area contributed by atoms with Crippen molar-refractivity contribution in [2.24, 2.45) is 11.7 Å². The fourth-order valence-corrected chi connectivity index (χ4v) is 5.31. The lowest BCUT2D eigenvalue weighted by Crippen LogP contribution is -2.48. The van der Waals surface area contributed by atoms with Crippen molar-refractivity contribution in [1.29, 1.82) is 0 Å². The van der Waals surface area contributed by atoms with Crippen LogP contribution < -0.4 is 11.1 Å². The zero-order valence-electron chi connectivity index (χ0n) is 22.0. The van der Waals surface area contributed by atoms with Crippen LogP contribution in [0.15, 0.2) is 42.5 Å². The summed E-state index contributed by atoms with van der Waals surface area (Å²) in [4.78, 5) is 26.2. The van der Waals surface area contributed by atoms with Gasteiger partial charge in [0.25, 0.3) is 0 Å². The average Bonchev–Trinajstić information content (AvgIpc) is 2.93. The van der Waals surface area contributed by atoms with Crippen LogP contribution in [0, 0.1) is 11.7 Å². The van der Waals surface area contributed by atoms with E-state index < -0.39 is 17.5 Å². The van der Waals surface area contributed by atoms with Crippen molar-refractivity contribution < 1.29 is 23.8 Å². The van der Waals surface area contributed by atoms with Gasteiger partial charge in [0.1, 0.15) is 5.82 Å². The van der Waals surface area contributed by atoms with Crippen molar-refractivity contribution in [3.05, 3.63) is 59.4 Å². The first-order chi connectivity index (χ1) is 17.8. The van der Waals surface area contributed by atoms with Gasteiger partial charge in [0.05, 0.1) is 12.7 Å². The monoisotopic (exact) mass is 513 g/mol. The third kappa shape index (κ3) is 7.08. The fraction of sp³-hybridized carbons (Fsp3) is 0.517. The standard InChI is InChI=1S/C29H40FN3O4/c1-3-21-9-4-10-22(19-21)27-24(12-5-13-25(27)30)29(36,15-8-17-32-28(35)37-2)23-11-7-18-33(20-23)26(34)14-6-16-31/h4-5,9-10,12-13,19,23,36H,3,6-8,11,14-18,20,31H2,1-2H3,(H,32,35)/t23-,29?/m0/s1. The molecule has 0 spiro atoms. The second-order valence-corrected chi connectivity index (χ2v) is 9.73. The highest BCUT2D eigenvalue weighted by molar-refractivity contribution is 5.76. The topological polar surface area (TPSA) is 105 Å². The van der Waals surface area contributed by atoms with E-state index in [-0.39, 0.29) is 18.2 Å². The number of halogens is 1. The smallest absolute Gasteiger partial charge is 0.406 e. The summed E-state index contributed by atoms with van der Waals surface area (Å²) in [6, 6.07) is 12.6. The van der Waals surface area contributed by atoms with Crippen LogP contribution in [-0.2, 0) is 21.6 Å². The van der Waals surface area contributed by atoms with E-state index in [0.29, 0.717) is 68.6 Å². The Hall–Kier alpha value is -2.97. The number of hydrogen-bond donors (Lipinski definition) is 3. The molecule has 8 heteroatoms. The SMILES string of the molecule is CCc1cccc(-c2c(F)cccc2C(O)(CCCNC(=O)OC)[C@H]2CCCN(C(=O)CCCN)C2)c1. The number of rotatable bonds is 11. The number of carbonyl (C=O) groups excluding carboxylic acids is 2. The van der Waals surface area contributed by atoms with Crippen molar-refractivity contribution in [2.45, 2.75) is 57.5 Å². The highest BCUT2D eigenvalue weighted by Gasteiger charge is 2.43. The Balaban J connectivity index is 2.01. The number of carbonyl (C=O) groups is 2. The number of hydrogen-bond acceptors (Lipinski definition) is 5. The minimum absolute atomic E-state index is 0.0278. The largest absolute Gasteiger partial charge is 0.453 e. The second kappa shape index (κ2) is 13.5. The van der Waals surface area contributed by atoms with E-state index in [1.54, 1.807) is 17.0 Å². The van der Waals surface area contributed by atoms with E-state index in [1.807, 2.05) is 31.2 Å². The molecular weight excluding hydrogens is 473 g/mol. The maximum Gasteiger partial charge on any atom is 0.406 e. The number of piperidine rings is 1. The van der Waals surface area contributed by atoms with Crippen molar-refractivity contribution in [2.75, 3.05) is 33.3 Å². The lowest BCUT2D eigenvalue weighted by atomic mass is 9.72. The number of aryl methyl sites for hydroxylation is 1. The molecule has 202 valence electrons. The van der Waals surface area contributed by atoms with Crippen LogP contribution in [0.4, 0.5) is 9.18 Å². The molecule has 0 bridgehead atoms. The lowest BCUT2D eigenvalue weighted by molar-refractivity contribution is -0.136. The molecule has 2 amide bonds. The molecule has 2 aromatic carbocycles. The summed E-state index contributed by atoms with van der Waals surface area (Å²) in [5.74, 6) is -0.667. The molecule has 0 radical (unpaired) electrons. The number of nitrogens with two attached hydrogens (primary N) is 1. The van der Waals surface area contributed by atoms with Gasteiger partial charge in [0.2, 0.25) is 5.91 Å². The third-order valence-corrected chi connectivity index (χ3v) is 7.34. The van der Waals surface area contributed by atoms with Gasteiger partial charge in [0, 0.05) is 37.5 Å². The quantitative estimate of drug-likeness (QED) is 0.388. The highest BCUT2D eigenvalue weighted by Crippen LogP contribution is 2.44. The Morgan fingerprint density at radius 2 is 2.03 bits per heavy atom. The number of nitrogens with one attached hydrogen (secondary N) is 1. The predicted molar refractivity (Wildman–Crippen MR) is 142 cm³/mol. The Kier molecular flexibility index (Phi) is 10.5. The molecule has 1 unspecified atom stereocenters. The molecule has 1 heterocycles. The zero-order valence-corrected chi connectivity index (χ0v) is 22.0. The summed E-state index contributed by atoms with van der Waals surface area (Å²) in [5.41, 5.74) is 6.87. The minimum Gasteiger partial charge on any atom is -0.453 e. The van der Waals surface area contributed by atoms with E-state index >= 15 is 4.39 Å². The number of alkyl carbamates (subject to hydrolysis) is 1. The van der Waals surface area contributed by atoms with Crippen LogP contribution in [0.1, 0.15) is 56.6 Å². The predicted octanol–water partition coefficient (Wildman–Crippen LogP) is 4.36. The molecule has 0 aliphatic carbocycles. The molecule has 7 nitrogen and oxygen atoms in total. The van der Waals surface area contributed by atoms with Crippen molar-refractivity contribution in [1.82, 2.24) is 10.2 Å². The number of nitrogens with zero attached hydrogens (tertiary/aromatic N) is 1. The number of methoxy groups -OCH3 is 1. The molecule has 4 N–H and O–H groups in total. The van der Waals surface area contributed by atoms with Gasteiger partial charge in [-0.3, -0.25) is 4.79 Å². The molecule has 1 aliphatic heterocycles. The van der Waals surface area contributed by atoms with Crippen LogP contribution in [0.5, 0.6) is 0 Å². The molecule has 3 rings (SSSR count). The van der Waals surface area contributed by atoms with Crippen molar-refractivity contribution >= 4 is 12.0 Å². The maximum absolute atomic E-state index is 15.5. The van der Waals surface area contributed by atoms with Crippen LogP contribution in [-0.4, -0.2) is 55.3 Å². The van der Waals surface area contributed by atoms with E-state index in [2.05, 4.69) is 10.1 Å². The summed E-state index contributed by atoms with van der Waals surface area (Å²) in [6.45, 7) is 3.81. The third-order valence-electron chi connectivity index (χ3n) is 7.34. The number of ether oxygens (including phenoxy) is 1. The molecular formula is C29H40FN3O4. The van der Waals surface area contributed by atoms with Crippen LogP contribution in [0.3, 0.4) is 0 Å². The highest BCUT2D eigenvalue weighted by atomic mass is 19.1. The van der Waals surface area contributed by atoms with Gasteiger partial charge >= 0.3 is 6.09 Å². The number of aliphatic hydroxyl groups is 1. The van der Waals surface area contributed by atoms with Gasteiger partial charge in [-0.1, -0.05) is 43.3 Å². The molecule has 1 aliphatic rings. The average molecular weight is 514 g/mol. The maximum atomic E-state index is 15.5. The van der Waals surface area contributed by atoms with E-state index in [0.717, 1.165) is 18.4 Å². The fourth-order valence-electron chi connectivity index (χ4n) is 5.31. The molecule has 1 fully saturated rings. The number of amides is 2. The molecule has 1 saturated heterocycles. The minimum atomic E-state index is -1.41. The van der Waals surface area contributed by atoms with Gasteiger partial charge in [-0.25, -0.2) is 9.18 Å². The summed E-state index contributed by atoms with van der Waals surface area (Å²) >= 11 is 0. The molecule has 37 heavy (non-hydrogen) atoms. The van der Waals surface area contributed by atoms with Crippen LogP contribution in [0.2, 0.25) is 0 Å². The Labute approximate surface area is 219 Å². The molecule has 0 aromatic heterocycles. The Morgan fingerprint density at radius 3 is 2.76 bits per heavy atom. The normalized spacial score (nSPS) is 17.2. The lowest BCUT2D eigenvalue weighted by Gasteiger charge is -2.43. The molecule has 2 aromatic rings. The second-order valence-electron chi connectivity index (χ2n) is 9.73. The van der Waals surface area contributed by atoms with Gasteiger partial charge in [-0.05, 0) is 67.8 Å². The molecule has 0 saturated carbocycles. The zero-order chi connectivity index (χ0) is 26.8. The van der Waals surface area contributed by atoms with Crippen LogP contribution in [0.25, 0.3) is 11.1 Å². The molecule has 2 atom stereocenters. The summed E-state index contributed by atoms with van der Waals surface area (Å²) in [6.07, 6.45) is 3.45. The first-order valence-corrected chi connectivity index (χ1v) is 13.2. The van der Waals surface area contributed by atoms with Crippen molar-refractivity contribution in [3.63, 3.8) is 0 Å². The number of likely N-dealkylation sites (tertiary alicyclic amines) is 1. The first-order valence-electron chi connectivity index (χ1n) is 13.2. The van der Waals surface area contributed by atoms with E-state index in [1.165, 1.54) is 13.2 Å². The Bertz CT molecular complexity index is 1060. The number of benzene rings is 2. The van der Waals surface area contributed by atoms with E-state index in [4.69, 9.17) is 5.73 Å². The summed E-state index contributed by atoms with van der Waals surface area (Å²) in [7, 11) is 1.30. The van der Waals surface area contributed by atoms with E-state index in [9.17, 15) is 14.7 Å². The van der Waals surface area contributed by atoms with Crippen molar-refractivity contribution in [3.8, 4) is 11.1 Å². The first kappa shape index (κ1) is 28.6. The van der Waals surface area contributed by atoms with Gasteiger partial charge in [-0.2, -0.15) is 0 Å². The van der Waals surface area contributed by atoms with Gasteiger partial charge in [-0.15, -0.1) is 0 Å². The van der Waals surface area contributed by atoms with Gasteiger partial charge < -0.3 is 25.8 Å². The van der Waals surface area contributed by atoms with Gasteiger partial charge in [0.15, 0.2) is 0 Å². The van der Waals surface area contributed by atoms with Crippen LogP contribution >= 0.6 is 0 Å². The summed E-state index contributed by atoms with van der Waals surface area (Å²) < 4.78 is 20.1. The summed E-state index contributed by atoms with van der Waals surface area (Å²) in [5, 5.41) is 15.1. The Morgan fingerprint density at radius 1 is 1.24 bits per heavy atom.